The molecule has 0 atom stereocenters. The van der Waals surface area contributed by atoms with Gasteiger partial charge in [-0.25, -0.2) is 0 Å². The summed E-state index contributed by atoms with van der Waals surface area (Å²) in [6, 6.07) is 7.25. The SMILES string of the molecule is CC(=O)Nc1ccc(NCC(C)(CO)CO)cc1. The van der Waals surface area contributed by atoms with Gasteiger partial charge in [0.05, 0.1) is 13.2 Å². The van der Waals surface area contributed by atoms with Gasteiger partial charge in [-0.1, -0.05) is 6.92 Å². The van der Waals surface area contributed by atoms with Crippen molar-refractivity contribution >= 4 is 17.3 Å². The molecule has 0 bridgehead atoms. The first kappa shape index (κ1) is 14.5. The molecule has 0 spiro atoms. The summed E-state index contributed by atoms with van der Waals surface area (Å²) in [4.78, 5) is 10.9. The molecule has 100 valence electrons. The van der Waals surface area contributed by atoms with Crippen LogP contribution in [0.2, 0.25) is 0 Å². The molecule has 0 aliphatic rings. The van der Waals surface area contributed by atoms with Crippen LogP contribution in [0.4, 0.5) is 11.4 Å². The first-order chi connectivity index (χ1) is 8.49. The van der Waals surface area contributed by atoms with Crippen molar-refractivity contribution in [2.45, 2.75) is 13.8 Å². The predicted octanol–water partition coefficient (Wildman–Crippen LogP) is 1.05. The fraction of sp³-hybridized carbons (Fsp3) is 0.462. The normalized spacial score (nSPS) is 11.1. The Balaban J connectivity index is 2.56. The van der Waals surface area contributed by atoms with Gasteiger partial charge in [-0.3, -0.25) is 4.79 Å². The molecule has 1 aromatic rings. The van der Waals surface area contributed by atoms with Crippen molar-refractivity contribution in [2.24, 2.45) is 5.41 Å². The minimum atomic E-state index is -0.545. The highest BCUT2D eigenvalue weighted by Crippen LogP contribution is 2.18. The van der Waals surface area contributed by atoms with Crippen LogP contribution in [-0.4, -0.2) is 35.9 Å². The van der Waals surface area contributed by atoms with Gasteiger partial charge in [-0.2, -0.15) is 0 Å². The van der Waals surface area contributed by atoms with Gasteiger partial charge in [0, 0.05) is 30.3 Å². The lowest BCUT2D eigenvalue weighted by Gasteiger charge is -2.25. The third kappa shape index (κ3) is 4.35. The predicted molar refractivity (Wildman–Crippen MR) is 71.5 cm³/mol. The van der Waals surface area contributed by atoms with E-state index < -0.39 is 5.41 Å². The second-order valence-electron chi connectivity index (χ2n) is 4.74. The van der Waals surface area contributed by atoms with Crippen molar-refractivity contribution in [2.75, 3.05) is 30.4 Å². The molecule has 0 heterocycles. The van der Waals surface area contributed by atoms with Crippen LogP contribution in [0.15, 0.2) is 24.3 Å². The van der Waals surface area contributed by atoms with Crippen LogP contribution in [0.25, 0.3) is 0 Å². The summed E-state index contributed by atoms with van der Waals surface area (Å²) < 4.78 is 0. The van der Waals surface area contributed by atoms with Crippen molar-refractivity contribution in [3.8, 4) is 0 Å². The van der Waals surface area contributed by atoms with E-state index in [0.29, 0.717) is 6.54 Å². The van der Waals surface area contributed by atoms with Crippen molar-refractivity contribution < 1.29 is 15.0 Å². The molecule has 1 amide bonds. The lowest BCUT2D eigenvalue weighted by molar-refractivity contribution is -0.114. The Morgan fingerprint density at radius 2 is 1.67 bits per heavy atom. The first-order valence-corrected chi connectivity index (χ1v) is 5.82. The largest absolute Gasteiger partial charge is 0.396 e. The average molecular weight is 252 g/mol. The summed E-state index contributed by atoms with van der Waals surface area (Å²) in [5.74, 6) is -0.108. The lowest BCUT2D eigenvalue weighted by atomic mass is 9.93. The fourth-order valence-electron chi connectivity index (χ4n) is 1.35. The van der Waals surface area contributed by atoms with Gasteiger partial charge in [0.1, 0.15) is 0 Å². The number of rotatable bonds is 6. The minimum absolute atomic E-state index is 0.0829. The second-order valence-corrected chi connectivity index (χ2v) is 4.74. The van der Waals surface area contributed by atoms with Gasteiger partial charge >= 0.3 is 0 Å². The van der Waals surface area contributed by atoms with Crippen LogP contribution >= 0.6 is 0 Å². The van der Waals surface area contributed by atoms with Gasteiger partial charge in [0.15, 0.2) is 0 Å². The van der Waals surface area contributed by atoms with E-state index in [4.69, 9.17) is 10.2 Å². The molecule has 0 fully saturated rings. The molecule has 0 aromatic heterocycles. The Kier molecular flexibility index (Phi) is 5.12. The monoisotopic (exact) mass is 252 g/mol. The Bertz CT molecular complexity index is 386. The number of aliphatic hydroxyl groups is 2. The van der Waals surface area contributed by atoms with Crippen molar-refractivity contribution in [3.05, 3.63) is 24.3 Å². The van der Waals surface area contributed by atoms with E-state index in [2.05, 4.69) is 10.6 Å². The van der Waals surface area contributed by atoms with E-state index in [9.17, 15) is 4.79 Å². The highest BCUT2D eigenvalue weighted by atomic mass is 16.3. The molecule has 18 heavy (non-hydrogen) atoms. The highest BCUT2D eigenvalue weighted by molar-refractivity contribution is 5.88. The van der Waals surface area contributed by atoms with Crippen LogP contribution in [0.5, 0.6) is 0 Å². The summed E-state index contributed by atoms with van der Waals surface area (Å²) in [7, 11) is 0. The molecular weight excluding hydrogens is 232 g/mol. The molecule has 4 N–H and O–H groups in total. The van der Waals surface area contributed by atoms with Gasteiger partial charge < -0.3 is 20.8 Å². The molecule has 1 rings (SSSR count). The van der Waals surface area contributed by atoms with Crippen LogP contribution in [-0.2, 0) is 4.79 Å². The second kappa shape index (κ2) is 6.37. The maximum absolute atomic E-state index is 10.9. The third-order valence-corrected chi connectivity index (χ3v) is 2.69. The molecule has 1 aromatic carbocycles. The molecule has 0 saturated heterocycles. The highest BCUT2D eigenvalue weighted by Gasteiger charge is 2.21. The number of anilines is 2. The number of hydrogen-bond donors (Lipinski definition) is 4. The molecule has 5 heteroatoms. The Morgan fingerprint density at radius 3 is 2.11 bits per heavy atom. The Hall–Kier alpha value is -1.59. The zero-order valence-electron chi connectivity index (χ0n) is 10.7. The molecule has 0 saturated carbocycles. The quantitative estimate of drug-likeness (QED) is 0.610. The molecule has 0 radical (unpaired) electrons. The topological polar surface area (TPSA) is 81.6 Å². The van der Waals surface area contributed by atoms with Crippen molar-refractivity contribution in [3.63, 3.8) is 0 Å². The van der Waals surface area contributed by atoms with Gasteiger partial charge in [0.2, 0.25) is 5.91 Å². The summed E-state index contributed by atoms with van der Waals surface area (Å²) >= 11 is 0. The van der Waals surface area contributed by atoms with E-state index in [-0.39, 0.29) is 19.1 Å². The molecule has 0 aliphatic heterocycles. The van der Waals surface area contributed by atoms with E-state index in [1.807, 2.05) is 12.1 Å². The number of aliphatic hydroxyl groups excluding tert-OH is 2. The number of hydrogen-bond acceptors (Lipinski definition) is 4. The van der Waals surface area contributed by atoms with E-state index in [1.165, 1.54) is 6.92 Å². The number of benzene rings is 1. The van der Waals surface area contributed by atoms with Gasteiger partial charge in [0.25, 0.3) is 0 Å². The maximum atomic E-state index is 10.9. The number of amides is 1. The summed E-state index contributed by atoms with van der Waals surface area (Å²) in [5.41, 5.74) is 1.06. The van der Waals surface area contributed by atoms with Crippen LogP contribution in [0, 0.1) is 5.41 Å². The molecule has 0 aliphatic carbocycles. The fourth-order valence-corrected chi connectivity index (χ4v) is 1.35. The number of carbonyl (C=O) groups is 1. The average Bonchev–Trinajstić information content (AvgIpc) is 2.37. The van der Waals surface area contributed by atoms with Gasteiger partial charge in [-0.15, -0.1) is 0 Å². The van der Waals surface area contributed by atoms with Crippen molar-refractivity contribution in [1.29, 1.82) is 0 Å². The van der Waals surface area contributed by atoms with Crippen LogP contribution in [0.1, 0.15) is 13.8 Å². The Labute approximate surface area is 107 Å². The van der Waals surface area contributed by atoms with Crippen LogP contribution < -0.4 is 10.6 Å². The summed E-state index contributed by atoms with van der Waals surface area (Å²) in [6.07, 6.45) is 0. The molecular formula is C13H20N2O3. The number of nitrogens with one attached hydrogen (secondary N) is 2. The molecule has 5 nitrogen and oxygen atoms in total. The summed E-state index contributed by atoms with van der Waals surface area (Å²) in [6.45, 7) is 3.56. The zero-order valence-corrected chi connectivity index (χ0v) is 10.7. The lowest BCUT2D eigenvalue weighted by Crippen LogP contribution is -2.33. The summed E-state index contributed by atoms with van der Waals surface area (Å²) in [5, 5.41) is 24.1. The van der Waals surface area contributed by atoms with E-state index in [0.717, 1.165) is 11.4 Å². The standard InChI is InChI=1S/C13H20N2O3/c1-10(18)15-12-5-3-11(4-6-12)14-7-13(2,8-16)9-17/h3-6,14,16-17H,7-9H2,1-2H3,(H,15,18). The minimum Gasteiger partial charge on any atom is -0.396 e. The van der Waals surface area contributed by atoms with Gasteiger partial charge in [-0.05, 0) is 24.3 Å². The molecule has 0 unspecified atom stereocenters. The zero-order chi connectivity index (χ0) is 13.6. The smallest absolute Gasteiger partial charge is 0.221 e. The van der Waals surface area contributed by atoms with E-state index in [1.54, 1.807) is 19.1 Å². The number of carbonyl (C=O) groups excluding carboxylic acids is 1. The maximum Gasteiger partial charge on any atom is 0.221 e. The first-order valence-electron chi connectivity index (χ1n) is 5.82. The van der Waals surface area contributed by atoms with E-state index >= 15 is 0 Å². The van der Waals surface area contributed by atoms with Crippen LogP contribution in [0.3, 0.4) is 0 Å². The third-order valence-electron chi connectivity index (χ3n) is 2.69. The Morgan fingerprint density at radius 1 is 1.17 bits per heavy atom. The van der Waals surface area contributed by atoms with Crippen molar-refractivity contribution in [1.82, 2.24) is 0 Å².